The lowest BCUT2D eigenvalue weighted by molar-refractivity contribution is 0.161. The average molecular weight is 269 g/mol. The van der Waals surface area contributed by atoms with Gasteiger partial charge in [0.1, 0.15) is 5.82 Å². The highest BCUT2D eigenvalue weighted by atomic mass is 32.2. The standard InChI is InChI=1S/C14H20FNOS/c1-2-16-14(9-17,11-3-4-11)10-18-13-7-5-12(15)6-8-13/h5-8,11,16-17H,2-4,9-10H2,1H3. The van der Waals surface area contributed by atoms with Crippen LogP contribution in [0.1, 0.15) is 19.8 Å². The Kier molecular flexibility index (Phi) is 4.65. The van der Waals surface area contributed by atoms with Crippen LogP contribution in [0.15, 0.2) is 29.2 Å². The number of hydrogen-bond donors (Lipinski definition) is 2. The van der Waals surface area contributed by atoms with Crippen LogP contribution in [-0.2, 0) is 0 Å². The molecule has 1 aromatic carbocycles. The molecule has 2 N–H and O–H groups in total. The van der Waals surface area contributed by atoms with Crippen molar-refractivity contribution in [3.8, 4) is 0 Å². The third-order valence-corrected chi connectivity index (χ3v) is 4.74. The topological polar surface area (TPSA) is 32.3 Å². The van der Waals surface area contributed by atoms with E-state index in [0.717, 1.165) is 17.2 Å². The minimum Gasteiger partial charge on any atom is -0.394 e. The first-order chi connectivity index (χ1) is 8.70. The zero-order valence-corrected chi connectivity index (χ0v) is 11.5. The molecular formula is C14H20FNOS. The van der Waals surface area contributed by atoms with Gasteiger partial charge in [-0.2, -0.15) is 0 Å². The Morgan fingerprint density at radius 2 is 2.06 bits per heavy atom. The Balaban J connectivity index is 1.98. The van der Waals surface area contributed by atoms with Crippen molar-refractivity contribution in [3.05, 3.63) is 30.1 Å². The van der Waals surface area contributed by atoms with Gasteiger partial charge in [-0.25, -0.2) is 4.39 Å². The van der Waals surface area contributed by atoms with Crippen LogP contribution in [0, 0.1) is 11.7 Å². The molecule has 0 heterocycles. The van der Waals surface area contributed by atoms with Crippen molar-refractivity contribution in [1.82, 2.24) is 5.32 Å². The Bertz CT molecular complexity index is 380. The van der Waals surface area contributed by atoms with E-state index in [-0.39, 0.29) is 18.0 Å². The normalized spacial score (nSPS) is 18.6. The number of hydrogen-bond acceptors (Lipinski definition) is 3. The van der Waals surface area contributed by atoms with E-state index < -0.39 is 0 Å². The number of thioether (sulfide) groups is 1. The number of aliphatic hydroxyl groups excluding tert-OH is 1. The van der Waals surface area contributed by atoms with Crippen LogP contribution in [0.2, 0.25) is 0 Å². The summed E-state index contributed by atoms with van der Waals surface area (Å²) >= 11 is 1.68. The maximum Gasteiger partial charge on any atom is 0.123 e. The summed E-state index contributed by atoms with van der Waals surface area (Å²) in [4.78, 5) is 1.05. The molecule has 1 aliphatic carbocycles. The first-order valence-electron chi connectivity index (χ1n) is 6.44. The van der Waals surface area contributed by atoms with Crippen LogP contribution in [0.4, 0.5) is 4.39 Å². The minimum absolute atomic E-state index is 0.166. The van der Waals surface area contributed by atoms with Gasteiger partial charge >= 0.3 is 0 Å². The Morgan fingerprint density at radius 3 is 2.56 bits per heavy atom. The van der Waals surface area contributed by atoms with E-state index in [4.69, 9.17) is 0 Å². The van der Waals surface area contributed by atoms with Gasteiger partial charge in [-0.1, -0.05) is 6.92 Å². The Morgan fingerprint density at radius 1 is 1.39 bits per heavy atom. The largest absolute Gasteiger partial charge is 0.394 e. The molecule has 1 aliphatic rings. The highest BCUT2D eigenvalue weighted by Crippen LogP contribution is 2.42. The van der Waals surface area contributed by atoms with Crippen molar-refractivity contribution < 1.29 is 9.50 Å². The molecule has 1 aromatic rings. The summed E-state index contributed by atoms with van der Waals surface area (Å²) < 4.78 is 12.8. The molecule has 0 aliphatic heterocycles. The van der Waals surface area contributed by atoms with Gasteiger partial charge < -0.3 is 10.4 Å². The molecule has 100 valence electrons. The van der Waals surface area contributed by atoms with Crippen LogP contribution >= 0.6 is 11.8 Å². The summed E-state index contributed by atoms with van der Waals surface area (Å²) in [5.74, 6) is 1.20. The summed E-state index contributed by atoms with van der Waals surface area (Å²) in [6.45, 7) is 3.09. The van der Waals surface area contributed by atoms with E-state index in [1.807, 2.05) is 0 Å². The highest BCUT2D eigenvalue weighted by molar-refractivity contribution is 7.99. The van der Waals surface area contributed by atoms with Crippen molar-refractivity contribution in [2.75, 3.05) is 18.9 Å². The maximum absolute atomic E-state index is 12.8. The zero-order chi connectivity index (χ0) is 13.0. The fourth-order valence-corrected chi connectivity index (χ4v) is 3.46. The predicted octanol–water partition coefficient (Wildman–Crippen LogP) is 2.67. The van der Waals surface area contributed by atoms with E-state index in [9.17, 15) is 9.50 Å². The van der Waals surface area contributed by atoms with E-state index in [1.54, 1.807) is 23.9 Å². The van der Waals surface area contributed by atoms with Gasteiger partial charge in [0.2, 0.25) is 0 Å². The molecule has 2 nitrogen and oxygen atoms in total. The van der Waals surface area contributed by atoms with Gasteiger partial charge in [-0.3, -0.25) is 0 Å². The number of rotatable bonds is 7. The second kappa shape index (κ2) is 6.04. The van der Waals surface area contributed by atoms with Gasteiger partial charge in [-0.15, -0.1) is 11.8 Å². The fraction of sp³-hybridized carbons (Fsp3) is 0.571. The molecule has 1 saturated carbocycles. The highest BCUT2D eigenvalue weighted by Gasteiger charge is 2.44. The number of likely N-dealkylation sites (N-methyl/N-ethyl adjacent to an activating group) is 1. The minimum atomic E-state index is -0.207. The van der Waals surface area contributed by atoms with Crippen molar-refractivity contribution in [2.24, 2.45) is 5.92 Å². The SMILES string of the molecule is CCNC(CO)(CSc1ccc(F)cc1)C1CC1. The molecule has 0 aromatic heterocycles. The molecule has 2 rings (SSSR count). The Labute approximate surface area is 112 Å². The maximum atomic E-state index is 12.8. The fourth-order valence-electron chi connectivity index (χ4n) is 2.27. The molecule has 0 amide bonds. The van der Waals surface area contributed by atoms with Crippen LogP contribution in [0.25, 0.3) is 0 Å². The first-order valence-corrected chi connectivity index (χ1v) is 7.43. The number of halogens is 1. The number of benzene rings is 1. The van der Waals surface area contributed by atoms with Crippen LogP contribution < -0.4 is 5.32 Å². The van der Waals surface area contributed by atoms with Crippen LogP contribution in [-0.4, -0.2) is 29.5 Å². The molecular weight excluding hydrogens is 249 g/mol. The van der Waals surface area contributed by atoms with Gasteiger partial charge in [0.25, 0.3) is 0 Å². The van der Waals surface area contributed by atoms with Crippen LogP contribution in [0.5, 0.6) is 0 Å². The molecule has 4 heteroatoms. The lowest BCUT2D eigenvalue weighted by atomic mass is 9.97. The second-order valence-electron chi connectivity index (χ2n) is 4.86. The second-order valence-corrected chi connectivity index (χ2v) is 5.91. The van der Waals surface area contributed by atoms with Gasteiger partial charge in [0, 0.05) is 10.6 Å². The molecule has 18 heavy (non-hydrogen) atoms. The number of aliphatic hydroxyl groups is 1. The molecule has 0 spiro atoms. The van der Waals surface area contributed by atoms with E-state index in [1.165, 1.54) is 25.0 Å². The molecule has 0 saturated heterocycles. The van der Waals surface area contributed by atoms with E-state index >= 15 is 0 Å². The lowest BCUT2D eigenvalue weighted by Gasteiger charge is -2.33. The summed E-state index contributed by atoms with van der Waals surface area (Å²) in [6.07, 6.45) is 2.38. The average Bonchev–Trinajstić information content (AvgIpc) is 3.21. The first kappa shape index (κ1) is 13.8. The predicted molar refractivity (Wildman–Crippen MR) is 73.3 cm³/mol. The summed E-state index contributed by atoms with van der Waals surface area (Å²) in [5, 5.41) is 13.1. The quantitative estimate of drug-likeness (QED) is 0.746. The van der Waals surface area contributed by atoms with Crippen molar-refractivity contribution in [2.45, 2.75) is 30.2 Å². The van der Waals surface area contributed by atoms with Gasteiger partial charge in [-0.05, 0) is 49.6 Å². The summed E-state index contributed by atoms with van der Waals surface area (Å²) in [5.41, 5.74) is -0.173. The monoisotopic (exact) mass is 269 g/mol. The van der Waals surface area contributed by atoms with Crippen LogP contribution in [0.3, 0.4) is 0 Å². The third kappa shape index (κ3) is 3.25. The molecule has 0 radical (unpaired) electrons. The summed E-state index contributed by atoms with van der Waals surface area (Å²) in [6, 6.07) is 6.54. The third-order valence-electron chi connectivity index (χ3n) is 3.48. The molecule has 0 bridgehead atoms. The molecule has 1 fully saturated rings. The molecule has 1 unspecified atom stereocenters. The van der Waals surface area contributed by atoms with Crippen molar-refractivity contribution >= 4 is 11.8 Å². The number of nitrogens with one attached hydrogen (secondary N) is 1. The summed E-state index contributed by atoms with van der Waals surface area (Å²) in [7, 11) is 0. The zero-order valence-electron chi connectivity index (χ0n) is 10.7. The van der Waals surface area contributed by atoms with Crippen molar-refractivity contribution in [1.29, 1.82) is 0 Å². The van der Waals surface area contributed by atoms with Gasteiger partial charge in [0.15, 0.2) is 0 Å². The van der Waals surface area contributed by atoms with E-state index in [0.29, 0.717) is 5.92 Å². The Hall–Kier alpha value is -0.580. The smallest absolute Gasteiger partial charge is 0.123 e. The van der Waals surface area contributed by atoms with E-state index in [2.05, 4.69) is 12.2 Å². The van der Waals surface area contributed by atoms with Gasteiger partial charge in [0.05, 0.1) is 12.1 Å². The van der Waals surface area contributed by atoms with Crippen molar-refractivity contribution in [3.63, 3.8) is 0 Å². The molecule has 1 atom stereocenters. The lowest BCUT2D eigenvalue weighted by Crippen LogP contribution is -2.52.